The fraction of sp³-hybridized carbons (Fsp3) is 0.217. The van der Waals surface area contributed by atoms with Crippen molar-refractivity contribution in [2.75, 3.05) is 7.11 Å². The minimum Gasteiger partial charge on any atom is -0.497 e. The Labute approximate surface area is 169 Å². The highest BCUT2D eigenvalue weighted by Crippen LogP contribution is 2.26. The molecule has 150 valence electrons. The van der Waals surface area contributed by atoms with Gasteiger partial charge in [0.1, 0.15) is 18.1 Å². The van der Waals surface area contributed by atoms with Crippen LogP contribution in [-0.2, 0) is 17.9 Å². The number of halogens is 1. The Hall–Kier alpha value is -3.41. The summed E-state index contributed by atoms with van der Waals surface area (Å²) in [7, 11) is 1.59. The number of nitrogens with one attached hydrogen (secondary N) is 1. The number of nitrogens with zero attached hydrogens (tertiary/aromatic N) is 1. The summed E-state index contributed by atoms with van der Waals surface area (Å²) < 4.78 is 20.3. The van der Waals surface area contributed by atoms with Crippen molar-refractivity contribution in [1.82, 2.24) is 9.88 Å². The van der Waals surface area contributed by atoms with Gasteiger partial charge in [0.25, 0.3) is 0 Å². The zero-order valence-corrected chi connectivity index (χ0v) is 16.7. The number of hydrogen-bond acceptors (Lipinski definition) is 3. The molecule has 2 aromatic carbocycles. The van der Waals surface area contributed by atoms with Crippen LogP contribution in [0.2, 0.25) is 0 Å². The smallest absolute Gasteiger partial charge is 0.240 e. The van der Waals surface area contributed by atoms with Crippen LogP contribution in [0.15, 0.2) is 54.6 Å². The summed E-state index contributed by atoms with van der Waals surface area (Å²) >= 11 is 0. The highest BCUT2D eigenvalue weighted by Gasteiger charge is 2.18. The summed E-state index contributed by atoms with van der Waals surface area (Å²) in [6.45, 7) is 3.71. The summed E-state index contributed by atoms with van der Waals surface area (Å²) in [4.78, 5) is 24.6. The number of benzene rings is 2. The first kappa shape index (κ1) is 20.3. The van der Waals surface area contributed by atoms with Gasteiger partial charge in [-0.2, -0.15) is 0 Å². The van der Waals surface area contributed by atoms with E-state index in [-0.39, 0.29) is 24.1 Å². The Kier molecular flexibility index (Phi) is 6.12. The van der Waals surface area contributed by atoms with Crippen molar-refractivity contribution in [3.05, 3.63) is 77.2 Å². The van der Waals surface area contributed by atoms with Gasteiger partial charge >= 0.3 is 0 Å². The Balaban J connectivity index is 1.82. The van der Waals surface area contributed by atoms with E-state index in [1.165, 1.54) is 19.1 Å². The van der Waals surface area contributed by atoms with E-state index in [1.54, 1.807) is 36.8 Å². The number of Topliss-reactive ketones (excluding diaryl/α,β-unsaturated/α-hetero) is 1. The summed E-state index contributed by atoms with van der Waals surface area (Å²) in [5.74, 6) is 0.112. The van der Waals surface area contributed by atoms with E-state index in [2.05, 4.69) is 5.32 Å². The molecule has 0 aliphatic heterocycles. The molecular weight excluding hydrogens is 371 g/mol. The third-order valence-corrected chi connectivity index (χ3v) is 4.81. The molecule has 0 radical (unpaired) electrons. The third kappa shape index (κ3) is 4.71. The van der Waals surface area contributed by atoms with Crippen molar-refractivity contribution < 1.29 is 18.7 Å². The fourth-order valence-electron chi connectivity index (χ4n) is 3.25. The van der Waals surface area contributed by atoms with Crippen molar-refractivity contribution in [1.29, 1.82) is 0 Å². The molecule has 0 bridgehead atoms. The molecule has 0 fully saturated rings. The second-order valence-corrected chi connectivity index (χ2v) is 6.81. The number of methoxy groups -OCH3 is 1. The molecule has 6 heteroatoms. The van der Waals surface area contributed by atoms with Crippen LogP contribution in [0.4, 0.5) is 4.39 Å². The third-order valence-electron chi connectivity index (χ3n) is 4.81. The van der Waals surface area contributed by atoms with E-state index in [9.17, 15) is 14.0 Å². The number of amides is 1. The maximum Gasteiger partial charge on any atom is 0.240 e. The predicted octanol–water partition coefficient (Wildman–Crippen LogP) is 4.13. The number of rotatable bonds is 7. The molecule has 0 unspecified atom stereocenters. The average molecular weight is 394 g/mol. The number of carbonyl (C=O) groups excluding carboxylic acids is 2. The summed E-state index contributed by atoms with van der Waals surface area (Å²) in [6, 6.07) is 15.2. The molecule has 0 atom stereocenters. The Morgan fingerprint density at radius 1 is 1.10 bits per heavy atom. The van der Waals surface area contributed by atoms with E-state index < -0.39 is 0 Å². The summed E-state index contributed by atoms with van der Waals surface area (Å²) in [5.41, 5.74) is 3.61. The van der Waals surface area contributed by atoms with Crippen molar-refractivity contribution >= 4 is 11.7 Å². The highest BCUT2D eigenvalue weighted by atomic mass is 19.1. The molecule has 0 spiro atoms. The van der Waals surface area contributed by atoms with Crippen LogP contribution in [0.25, 0.3) is 11.3 Å². The fourth-order valence-corrected chi connectivity index (χ4v) is 3.25. The standard InChI is InChI=1S/C23H23FN2O3/c1-15-21(16(2)27)12-22(18-7-9-19(24)10-8-18)26(15)14-23(28)25-13-17-5-4-6-20(11-17)29-3/h4-12H,13-14H2,1-3H3,(H,25,28). The molecular formula is C23H23FN2O3. The van der Waals surface area contributed by atoms with Gasteiger partial charge in [0.2, 0.25) is 5.91 Å². The lowest BCUT2D eigenvalue weighted by Gasteiger charge is -2.13. The molecule has 1 amide bonds. The van der Waals surface area contributed by atoms with Crippen LogP contribution in [0.5, 0.6) is 5.75 Å². The first-order valence-electron chi connectivity index (χ1n) is 9.25. The van der Waals surface area contributed by atoms with Crippen LogP contribution in [0.1, 0.15) is 28.5 Å². The highest BCUT2D eigenvalue weighted by molar-refractivity contribution is 5.97. The summed E-state index contributed by atoms with van der Waals surface area (Å²) in [5, 5.41) is 2.89. The van der Waals surface area contributed by atoms with E-state index in [1.807, 2.05) is 24.3 Å². The van der Waals surface area contributed by atoms with Gasteiger partial charge < -0.3 is 14.6 Å². The predicted molar refractivity (Wildman–Crippen MR) is 109 cm³/mol. The van der Waals surface area contributed by atoms with Gasteiger partial charge in [-0.3, -0.25) is 9.59 Å². The average Bonchev–Trinajstić information content (AvgIpc) is 3.04. The molecule has 3 aromatic rings. The van der Waals surface area contributed by atoms with Crippen molar-refractivity contribution in [2.24, 2.45) is 0 Å². The van der Waals surface area contributed by atoms with E-state index in [0.717, 1.165) is 16.9 Å². The Morgan fingerprint density at radius 3 is 2.48 bits per heavy atom. The minimum absolute atomic E-state index is 0.0514. The van der Waals surface area contributed by atoms with Gasteiger partial charge in [0.15, 0.2) is 5.78 Å². The molecule has 1 N–H and O–H groups in total. The van der Waals surface area contributed by atoms with Crippen LogP contribution >= 0.6 is 0 Å². The van der Waals surface area contributed by atoms with Crippen molar-refractivity contribution in [3.8, 4) is 17.0 Å². The lowest BCUT2D eigenvalue weighted by Crippen LogP contribution is -2.27. The number of hydrogen-bond donors (Lipinski definition) is 1. The van der Waals surface area contributed by atoms with Crippen LogP contribution < -0.4 is 10.1 Å². The van der Waals surface area contributed by atoms with E-state index >= 15 is 0 Å². The normalized spacial score (nSPS) is 10.6. The second kappa shape index (κ2) is 8.73. The SMILES string of the molecule is COc1cccc(CNC(=O)Cn2c(-c3ccc(F)cc3)cc(C(C)=O)c2C)c1. The summed E-state index contributed by atoms with van der Waals surface area (Å²) in [6.07, 6.45) is 0. The monoisotopic (exact) mass is 394 g/mol. The van der Waals surface area contributed by atoms with Crippen LogP contribution in [0.3, 0.4) is 0 Å². The van der Waals surface area contributed by atoms with Crippen molar-refractivity contribution in [3.63, 3.8) is 0 Å². The van der Waals surface area contributed by atoms with Crippen molar-refractivity contribution in [2.45, 2.75) is 26.9 Å². The Bertz CT molecular complexity index is 1040. The molecule has 0 aliphatic carbocycles. The van der Waals surface area contributed by atoms with Gasteiger partial charge in [-0.15, -0.1) is 0 Å². The topological polar surface area (TPSA) is 60.3 Å². The van der Waals surface area contributed by atoms with Gasteiger partial charge in [-0.05, 0) is 67.4 Å². The Morgan fingerprint density at radius 2 is 1.83 bits per heavy atom. The largest absolute Gasteiger partial charge is 0.497 e. The van der Waals surface area contributed by atoms with Crippen LogP contribution in [0, 0.1) is 12.7 Å². The molecule has 1 heterocycles. The molecule has 29 heavy (non-hydrogen) atoms. The lowest BCUT2D eigenvalue weighted by atomic mass is 10.1. The zero-order valence-electron chi connectivity index (χ0n) is 16.7. The van der Waals surface area contributed by atoms with E-state index in [0.29, 0.717) is 23.5 Å². The van der Waals surface area contributed by atoms with Crippen LogP contribution in [-0.4, -0.2) is 23.4 Å². The molecule has 5 nitrogen and oxygen atoms in total. The molecule has 0 saturated heterocycles. The maximum absolute atomic E-state index is 13.3. The molecule has 3 rings (SSSR count). The first-order valence-corrected chi connectivity index (χ1v) is 9.25. The first-order chi connectivity index (χ1) is 13.9. The molecule has 0 saturated carbocycles. The van der Waals surface area contributed by atoms with Gasteiger partial charge in [0.05, 0.1) is 7.11 Å². The maximum atomic E-state index is 13.3. The van der Waals surface area contributed by atoms with E-state index in [4.69, 9.17) is 4.74 Å². The van der Waals surface area contributed by atoms with Gasteiger partial charge in [-0.1, -0.05) is 12.1 Å². The molecule has 0 aliphatic rings. The number of aromatic nitrogens is 1. The van der Waals surface area contributed by atoms with Gasteiger partial charge in [-0.25, -0.2) is 4.39 Å². The molecule has 1 aromatic heterocycles. The second-order valence-electron chi connectivity index (χ2n) is 6.81. The quantitative estimate of drug-likeness (QED) is 0.613. The zero-order chi connectivity index (χ0) is 21.0. The number of carbonyl (C=O) groups is 2. The minimum atomic E-state index is -0.341. The number of ether oxygens (including phenoxy) is 1. The lowest BCUT2D eigenvalue weighted by molar-refractivity contribution is -0.121. The van der Waals surface area contributed by atoms with Gasteiger partial charge in [0, 0.05) is 23.5 Å². The number of ketones is 1.